The Hall–Kier alpha value is -2.29. The van der Waals surface area contributed by atoms with E-state index in [0.29, 0.717) is 6.42 Å². The third-order valence-electron chi connectivity index (χ3n) is 3.52. The van der Waals surface area contributed by atoms with E-state index in [-0.39, 0.29) is 0 Å². The first-order valence-corrected chi connectivity index (χ1v) is 7.07. The van der Waals surface area contributed by atoms with Crippen molar-refractivity contribution in [1.82, 2.24) is 0 Å². The van der Waals surface area contributed by atoms with Crippen LogP contribution < -0.4 is 5.32 Å². The summed E-state index contributed by atoms with van der Waals surface area (Å²) in [7, 11) is 0. The van der Waals surface area contributed by atoms with Gasteiger partial charge in [-0.2, -0.15) is 0 Å². The molecule has 0 bridgehead atoms. The molecule has 2 rings (SSSR count). The van der Waals surface area contributed by atoms with E-state index >= 15 is 0 Å². The summed E-state index contributed by atoms with van der Waals surface area (Å²) < 4.78 is 0. The first kappa shape index (κ1) is 15.1. The molecular formula is C18H21NO2. The van der Waals surface area contributed by atoms with Gasteiger partial charge in [-0.15, -0.1) is 0 Å². The summed E-state index contributed by atoms with van der Waals surface area (Å²) in [5.74, 6) is -0.766. The Kier molecular flexibility index (Phi) is 4.63. The molecule has 0 amide bonds. The molecule has 0 unspecified atom stereocenters. The average Bonchev–Trinajstić information content (AvgIpc) is 2.47. The van der Waals surface area contributed by atoms with E-state index in [2.05, 4.69) is 5.32 Å². The van der Waals surface area contributed by atoms with E-state index in [1.807, 2.05) is 54.6 Å². The van der Waals surface area contributed by atoms with Gasteiger partial charge in [0.25, 0.3) is 0 Å². The Balaban J connectivity index is 1.95. The quantitative estimate of drug-likeness (QED) is 0.844. The molecule has 0 atom stereocenters. The molecule has 21 heavy (non-hydrogen) atoms. The standard InChI is InChI=1S/C18H21NO2/c1-18(2,17(20)21)12-14-8-10-15(11-9-14)13-19-16-6-4-3-5-7-16/h3-11,19H,12-13H2,1-2H3,(H,20,21). The molecule has 0 spiro atoms. The summed E-state index contributed by atoms with van der Waals surface area (Å²) in [4.78, 5) is 11.1. The first-order valence-electron chi connectivity index (χ1n) is 7.07. The van der Waals surface area contributed by atoms with E-state index in [0.717, 1.165) is 17.8 Å². The van der Waals surface area contributed by atoms with Crippen LogP contribution in [0.3, 0.4) is 0 Å². The van der Waals surface area contributed by atoms with E-state index in [9.17, 15) is 4.79 Å². The predicted octanol–water partition coefficient (Wildman–Crippen LogP) is 3.95. The van der Waals surface area contributed by atoms with Crippen LogP contribution in [0.15, 0.2) is 54.6 Å². The monoisotopic (exact) mass is 283 g/mol. The molecule has 0 radical (unpaired) electrons. The number of anilines is 1. The van der Waals surface area contributed by atoms with Crippen LogP contribution in [-0.2, 0) is 17.8 Å². The predicted molar refractivity (Wildman–Crippen MR) is 85.3 cm³/mol. The van der Waals surface area contributed by atoms with Crippen molar-refractivity contribution in [3.8, 4) is 0 Å². The first-order chi connectivity index (χ1) is 9.97. The second-order valence-electron chi connectivity index (χ2n) is 5.90. The molecule has 0 fully saturated rings. The summed E-state index contributed by atoms with van der Waals surface area (Å²) in [6.07, 6.45) is 0.536. The Labute approximate surface area is 125 Å². The number of nitrogens with one attached hydrogen (secondary N) is 1. The number of carboxylic acid groups (broad SMARTS) is 1. The highest BCUT2D eigenvalue weighted by molar-refractivity contribution is 5.74. The molecule has 3 nitrogen and oxygen atoms in total. The lowest BCUT2D eigenvalue weighted by molar-refractivity contribution is -0.146. The molecule has 0 aliphatic rings. The van der Waals surface area contributed by atoms with Crippen LogP contribution in [0.4, 0.5) is 5.69 Å². The van der Waals surface area contributed by atoms with Gasteiger partial charge in [0.05, 0.1) is 5.41 Å². The van der Waals surface area contributed by atoms with Gasteiger partial charge in [-0.3, -0.25) is 4.79 Å². The maximum absolute atomic E-state index is 11.1. The summed E-state index contributed by atoms with van der Waals surface area (Å²) >= 11 is 0. The molecule has 0 aliphatic carbocycles. The molecule has 2 aromatic rings. The van der Waals surface area contributed by atoms with Gasteiger partial charge in [0, 0.05) is 12.2 Å². The highest BCUT2D eigenvalue weighted by atomic mass is 16.4. The van der Waals surface area contributed by atoms with Crippen molar-refractivity contribution < 1.29 is 9.90 Å². The molecule has 110 valence electrons. The summed E-state index contributed by atoms with van der Waals surface area (Å²) in [5.41, 5.74) is 2.58. The van der Waals surface area contributed by atoms with Crippen molar-refractivity contribution in [2.24, 2.45) is 5.41 Å². The van der Waals surface area contributed by atoms with Crippen molar-refractivity contribution in [1.29, 1.82) is 0 Å². The number of benzene rings is 2. The molecule has 2 aromatic carbocycles. The van der Waals surface area contributed by atoms with Gasteiger partial charge in [-0.05, 0) is 43.5 Å². The minimum absolute atomic E-state index is 0.536. The maximum atomic E-state index is 11.1. The van der Waals surface area contributed by atoms with E-state index in [4.69, 9.17) is 5.11 Å². The van der Waals surface area contributed by atoms with E-state index < -0.39 is 11.4 Å². The van der Waals surface area contributed by atoms with Crippen molar-refractivity contribution in [2.75, 3.05) is 5.32 Å². The lowest BCUT2D eigenvalue weighted by Crippen LogP contribution is -2.26. The normalized spacial score (nSPS) is 11.1. The number of para-hydroxylation sites is 1. The zero-order chi connectivity index (χ0) is 15.3. The molecular weight excluding hydrogens is 262 g/mol. The summed E-state index contributed by atoms with van der Waals surface area (Å²) in [5, 5.41) is 12.5. The minimum atomic E-state index is -0.766. The van der Waals surface area contributed by atoms with E-state index in [1.165, 1.54) is 5.56 Å². The smallest absolute Gasteiger partial charge is 0.309 e. The van der Waals surface area contributed by atoms with Crippen molar-refractivity contribution in [3.63, 3.8) is 0 Å². The number of rotatable bonds is 6. The Bertz CT molecular complexity index is 588. The van der Waals surface area contributed by atoms with Crippen LogP contribution in [-0.4, -0.2) is 11.1 Å². The topological polar surface area (TPSA) is 49.3 Å². The molecule has 2 N–H and O–H groups in total. The Morgan fingerprint density at radius 3 is 2.14 bits per heavy atom. The van der Waals surface area contributed by atoms with Crippen molar-refractivity contribution >= 4 is 11.7 Å². The lowest BCUT2D eigenvalue weighted by atomic mass is 9.86. The van der Waals surface area contributed by atoms with Crippen LogP contribution in [0, 0.1) is 5.41 Å². The number of carbonyl (C=O) groups is 1. The molecule has 0 heterocycles. The van der Waals surface area contributed by atoms with Gasteiger partial charge in [0.2, 0.25) is 0 Å². The zero-order valence-electron chi connectivity index (χ0n) is 12.5. The Morgan fingerprint density at radius 1 is 1.00 bits per heavy atom. The summed E-state index contributed by atoms with van der Waals surface area (Å²) in [6.45, 7) is 4.26. The number of aliphatic carboxylic acids is 1. The SMILES string of the molecule is CC(C)(Cc1ccc(CNc2ccccc2)cc1)C(=O)O. The second-order valence-corrected chi connectivity index (χ2v) is 5.90. The lowest BCUT2D eigenvalue weighted by Gasteiger charge is -2.19. The fourth-order valence-electron chi connectivity index (χ4n) is 2.12. The van der Waals surface area contributed by atoms with Crippen LogP contribution in [0.1, 0.15) is 25.0 Å². The molecule has 0 aromatic heterocycles. The highest BCUT2D eigenvalue weighted by Crippen LogP contribution is 2.22. The fourth-order valence-corrected chi connectivity index (χ4v) is 2.12. The van der Waals surface area contributed by atoms with Gasteiger partial charge in [0.1, 0.15) is 0 Å². The van der Waals surface area contributed by atoms with Crippen LogP contribution >= 0.6 is 0 Å². The van der Waals surface area contributed by atoms with E-state index in [1.54, 1.807) is 13.8 Å². The van der Waals surface area contributed by atoms with Gasteiger partial charge in [-0.1, -0.05) is 42.5 Å². The number of carboxylic acids is 1. The van der Waals surface area contributed by atoms with Gasteiger partial charge >= 0.3 is 5.97 Å². The largest absolute Gasteiger partial charge is 0.481 e. The Morgan fingerprint density at radius 2 is 1.57 bits per heavy atom. The highest BCUT2D eigenvalue weighted by Gasteiger charge is 2.27. The molecule has 0 saturated carbocycles. The maximum Gasteiger partial charge on any atom is 0.309 e. The average molecular weight is 283 g/mol. The van der Waals surface area contributed by atoms with Crippen molar-refractivity contribution in [2.45, 2.75) is 26.8 Å². The van der Waals surface area contributed by atoms with Crippen LogP contribution in [0.2, 0.25) is 0 Å². The van der Waals surface area contributed by atoms with Crippen molar-refractivity contribution in [3.05, 3.63) is 65.7 Å². The zero-order valence-corrected chi connectivity index (χ0v) is 12.5. The third kappa shape index (κ3) is 4.35. The summed E-state index contributed by atoms with van der Waals surface area (Å²) in [6, 6.07) is 18.2. The molecule has 3 heteroatoms. The molecule has 0 aliphatic heterocycles. The minimum Gasteiger partial charge on any atom is -0.481 e. The number of hydrogen-bond donors (Lipinski definition) is 2. The third-order valence-corrected chi connectivity index (χ3v) is 3.52. The van der Waals surface area contributed by atoms with Gasteiger partial charge in [0.15, 0.2) is 0 Å². The fraction of sp³-hybridized carbons (Fsp3) is 0.278. The van der Waals surface area contributed by atoms with Gasteiger partial charge < -0.3 is 10.4 Å². The number of hydrogen-bond acceptors (Lipinski definition) is 2. The van der Waals surface area contributed by atoms with Crippen LogP contribution in [0.5, 0.6) is 0 Å². The second kappa shape index (κ2) is 6.44. The van der Waals surface area contributed by atoms with Crippen LogP contribution in [0.25, 0.3) is 0 Å². The molecule has 0 saturated heterocycles. The van der Waals surface area contributed by atoms with Gasteiger partial charge in [-0.25, -0.2) is 0 Å².